The lowest BCUT2D eigenvalue weighted by Gasteiger charge is -2.28. The van der Waals surface area contributed by atoms with E-state index in [1.54, 1.807) is 48.5 Å². The molecule has 0 unspecified atom stereocenters. The van der Waals surface area contributed by atoms with Crippen LogP contribution in [0.15, 0.2) is 53.5 Å². The van der Waals surface area contributed by atoms with E-state index < -0.39 is 23.8 Å². The van der Waals surface area contributed by atoms with Crippen molar-refractivity contribution in [3.05, 3.63) is 53.6 Å². The van der Waals surface area contributed by atoms with Crippen molar-refractivity contribution >= 4 is 47.0 Å². The van der Waals surface area contributed by atoms with Gasteiger partial charge in [0.1, 0.15) is 5.75 Å². The molecule has 2 aromatic rings. The zero-order valence-corrected chi connectivity index (χ0v) is 14.4. The lowest BCUT2D eigenvalue weighted by Crippen LogP contribution is -2.58. The van der Waals surface area contributed by atoms with Gasteiger partial charge in [-0.05, 0) is 42.5 Å². The number of halogens is 1. The molecule has 0 bridgehead atoms. The summed E-state index contributed by atoms with van der Waals surface area (Å²) in [5.41, 5.74) is 0.813. The predicted octanol–water partition coefficient (Wildman–Crippen LogP) is 2.95. The first kappa shape index (κ1) is 17.6. The number of nitrogens with one attached hydrogen (secondary N) is 1. The lowest BCUT2D eigenvalue weighted by atomic mass is 10.1. The molecule has 4 amide bonds. The average molecular weight is 372 g/mol. The van der Waals surface area contributed by atoms with Gasteiger partial charge in [-0.15, -0.1) is 0 Å². The van der Waals surface area contributed by atoms with Crippen molar-refractivity contribution in [3.63, 3.8) is 0 Å². The Morgan fingerprint density at radius 2 is 1.88 bits per heavy atom. The van der Waals surface area contributed by atoms with Gasteiger partial charge in [0, 0.05) is 11.2 Å². The second-order valence-electron chi connectivity index (χ2n) is 5.40. The highest BCUT2D eigenvalue weighted by Crippen LogP contribution is 2.24. The zero-order valence-electron chi connectivity index (χ0n) is 13.7. The van der Waals surface area contributed by atoms with Crippen LogP contribution in [-0.2, 0) is 9.59 Å². The Morgan fingerprint density at radius 1 is 1.15 bits per heavy atom. The van der Waals surface area contributed by atoms with Crippen LogP contribution < -0.4 is 15.0 Å². The fourth-order valence-corrected chi connectivity index (χ4v) is 2.60. The molecule has 1 N–H and O–H groups in total. The molecule has 1 saturated heterocycles. The van der Waals surface area contributed by atoms with Crippen LogP contribution in [-0.4, -0.2) is 31.2 Å². The second-order valence-corrected chi connectivity index (χ2v) is 5.84. The minimum Gasteiger partial charge on any atom is -0.497 e. The SMILES string of the molecule is COc1ccc(N2C(=O)NC(=O)[C@@H](C=Nc3cccc(Cl)c3)C2=O)cc1. The van der Waals surface area contributed by atoms with Crippen LogP contribution in [0.1, 0.15) is 0 Å². The predicted molar refractivity (Wildman–Crippen MR) is 97.1 cm³/mol. The van der Waals surface area contributed by atoms with E-state index in [2.05, 4.69) is 10.3 Å². The highest BCUT2D eigenvalue weighted by atomic mass is 35.5. The number of hydrogen-bond acceptors (Lipinski definition) is 5. The summed E-state index contributed by atoms with van der Waals surface area (Å²) in [6, 6.07) is 12.2. The third-order valence-electron chi connectivity index (χ3n) is 3.71. The summed E-state index contributed by atoms with van der Waals surface area (Å²) in [7, 11) is 1.51. The van der Waals surface area contributed by atoms with Crippen LogP contribution in [0, 0.1) is 5.92 Å². The van der Waals surface area contributed by atoms with Gasteiger partial charge < -0.3 is 4.74 Å². The third kappa shape index (κ3) is 3.57. The summed E-state index contributed by atoms with van der Waals surface area (Å²) in [6.07, 6.45) is 1.20. The van der Waals surface area contributed by atoms with E-state index in [0.29, 0.717) is 22.1 Å². The molecule has 0 radical (unpaired) electrons. The maximum absolute atomic E-state index is 12.7. The first-order valence-corrected chi connectivity index (χ1v) is 8.00. The number of methoxy groups -OCH3 is 1. The molecule has 0 saturated carbocycles. The molecule has 8 heteroatoms. The van der Waals surface area contributed by atoms with Crippen LogP contribution in [0.2, 0.25) is 5.02 Å². The minimum atomic E-state index is -1.23. The number of hydrogen-bond donors (Lipinski definition) is 1. The quantitative estimate of drug-likeness (QED) is 0.661. The van der Waals surface area contributed by atoms with E-state index in [-0.39, 0.29) is 0 Å². The Kier molecular flexibility index (Phi) is 4.99. The van der Waals surface area contributed by atoms with Gasteiger partial charge in [0.25, 0.3) is 5.91 Å². The molecule has 1 fully saturated rings. The van der Waals surface area contributed by atoms with Crippen molar-refractivity contribution in [3.8, 4) is 5.75 Å². The molecule has 1 heterocycles. The van der Waals surface area contributed by atoms with Crippen molar-refractivity contribution in [1.29, 1.82) is 0 Å². The van der Waals surface area contributed by atoms with Crippen molar-refractivity contribution in [2.45, 2.75) is 0 Å². The monoisotopic (exact) mass is 371 g/mol. The summed E-state index contributed by atoms with van der Waals surface area (Å²) >= 11 is 5.89. The fraction of sp³-hybridized carbons (Fsp3) is 0.111. The first-order chi connectivity index (χ1) is 12.5. The summed E-state index contributed by atoms with van der Waals surface area (Å²) in [5.74, 6) is -2.06. The number of carbonyl (C=O) groups is 3. The number of carbonyl (C=O) groups excluding carboxylic acids is 3. The van der Waals surface area contributed by atoms with Crippen molar-refractivity contribution in [2.75, 3.05) is 12.0 Å². The zero-order chi connectivity index (χ0) is 18.7. The van der Waals surface area contributed by atoms with Crippen molar-refractivity contribution in [1.82, 2.24) is 5.32 Å². The Balaban J connectivity index is 1.87. The average Bonchev–Trinajstić information content (AvgIpc) is 2.62. The van der Waals surface area contributed by atoms with Crippen LogP contribution in [0.5, 0.6) is 5.75 Å². The number of ether oxygens (including phenoxy) is 1. The van der Waals surface area contributed by atoms with E-state index >= 15 is 0 Å². The number of nitrogens with zero attached hydrogens (tertiary/aromatic N) is 2. The number of aliphatic imine (C=N–C) groups is 1. The van der Waals surface area contributed by atoms with Crippen LogP contribution in [0.3, 0.4) is 0 Å². The van der Waals surface area contributed by atoms with E-state index in [1.807, 2.05) is 0 Å². The van der Waals surface area contributed by atoms with E-state index in [0.717, 1.165) is 4.90 Å². The van der Waals surface area contributed by atoms with Crippen LogP contribution in [0.4, 0.5) is 16.2 Å². The van der Waals surface area contributed by atoms with E-state index in [1.165, 1.54) is 13.3 Å². The van der Waals surface area contributed by atoms with Gasteiger partial charge in [0.15, 0.2) is 5.92 Å². The van der Waals surface area contributed by atoms with Gasteiger partial charge in [-0.1, -0.05) is 17.7 Å². The smallest absolute Gasteiger partial charge is 0.335 e. The number of anilines is 1. The molecule has 26 heavy (non-hydrogen) atoms. The van der Waals surface area contributed by atoms with E-state index in [4.69, 9.17) is 16.3 Å². The molecule has 132 valence electrons. The maximum Gasteiger partial charge on any atom is 0.335 e. The number of benzene rings is 2. The number of urea groups is 1. The first-order valence-electron chi connectivity index (χ1n) is 7.62. The van der Waals surface area contributed by atoms with E-state index in [9.17, 15) is 14.4 Å². The number of imide groups is 2. The molecule has 2 aromatic carbocycles. The minimum absolute atomic E-state index is 0.321. The Hall–Kier alpha value is -3.19. The molecule has 1 aliphatic heterocycles. The molecular weight excluding hydrogens is 358 g/mol. The Labute approximate surface area is 154 Å². The van der Waals surface area contributed by atoms with Crippen molar-refractivity contribution in [2.24, 2.45) is 10.9 Å². The Morgan fingerprint density at radius 3 is 2.54 bits per heavy atom. The van der Waals surface area contributed by atoms with Crippen LogP contribution in [0.25, 0.3) is 0 Å². The fourth-order valence-electron chi connectivity index (χ4n) is 2.41. The molecule has 1 atom stereocenters. The molecular formula is C18H14ClN3O4. The topological polar surface area (TPSA) is 88.1 Å². The third-order valence-corrected chi connectivity index (χ3v) is 3.95. The summed E-state index contributed by atoms with van der Waals surface area (Å²) in [4.78, 5) is 41.9. The molecule has 7 nitrogen and oxygen atoms in total. The number of barbiturate groups is 1. The summed E-state index contributed by atoms with van der Waals surface area (Å²) < 4.78 is 5.06. The molecule has 1 aliphatic rings. The molecule has 0 spiro atoms. The highest BCUT2D eigenvalue weighted by Gasteiger charge is 2.40. The number of rotatable bonds is 4. The van der Waals surface area contributed by atoms with Gasteiger partial charge in [0.2, 0.25) is 5.91 Å². The van der Waals surface area contributed by atoms with Crippen LogP contribution >= 0.6 is 11.6 Å². The van der Waals surface area contributed by atoms with Gasteiger partial charge in [-0.3, -0.25) is 19.9 Å². The van der Waals surface area contributed by atoms with Gasteiger partial charge in [0.05, 0.1) is 18.5 Å². The lowest BCUT2D eigenvalue weighted by molar-refractivity contribution is -0.131. The van der Waals surface area contributed by atoms with Gasteiger partial charge in [-0.2, -0.15) is 0 Å². The highest BCUT2D eigenvalue weighted by molar-refractivity contribution is 6.33. The number of amides is 4. The standard InChI is InChI=1S/C18H14ClN3O4/c1-26-14-7-5-13(6-8-14)22-17(24)15(16(23)21-18(22)25)10-20-12-4-2-3-11(19)9-12/h2-10,15H,1H3,(H,21,23,25)/t15-/m1/s1. The Bertz CT molecular complexity index is 896. The normalized spacial score (nSPS) is 17.5. The molecule has 3 rings (SSSR count). The summed E-state index contributed by atoms with van der Waals surface area (Å²) in [6.45, 7) is 0. The maximum atomic E-state index is 12.7. The van der Waals surface area contributed by atoms with Crippen molar-refractivity contribution < 1.29 is 19.1 Å². The van der Waals surface area contributed by atoms with Gasteiger partial charge >= 0.3 is 6.03 Å². The summed E-state index contributed by atoms with van der Waals surface area (Å²) in [5, 5.41) is 2.64. The molecule has 0 aromatic heterocycles. The second kappa shape index (κ2) is 7.37. The largest absolute Gasteiger partial charge is 0.497 e. The molecule has 0 aliphatic carbocycles. The van der Waals surface area contributed by atoms with Gasteiger partial charge in [-0.25, -0.2) is 9.69 Å².